The average molecular weight is 311 g/mol. The number of nitrogens with zero attached hydrogens (tertiary/aromatic N) is 4. The van der Waals surface area contributed by atoms with E-state index in [1.807, 2.05) is 6.20 Å². The highest BCUT2D eigenvalue weighted by Gasteiger charge is 2.37. The molecule has 0 amide bonds. The molecule has 0 unspecified atom stereocenters. The van der Waals surface area contributed by atoms with Crippen molar-refractivity contribution in [2.24, 2.45) is 0 Å². The minimum Gasteiger partial charge on any atom is -0.381 e. The highest BCUT2D eigenvalue weighted by Crippen LogP contribution is 2.37. The second kappa shape index (κ2) is 5.59. The molecule has 1 atom stereocenters. The van der Waals surface area contributed by atoms with E-state index in [1.165, 1.54) is 0 Å². The maximum atomic E-state index is 6.02. The summed E-state index contributed by atoms with van der Waals surface area (Å²) in [5.74, 6) is 0.959. The Balaban J connectivity index is 1.71. The number of morpholine rings is 1. The Morgan fingerprint density at radius 2 is 1.95 bits per heavy atom. The van der Waals surface area contributed by atoms with E-state index >= 15 is 0 Å². The lowest BCUT2D eigenvalue weighted by Crippen LogP contribution is -2.58. The van der Waals surface area contributed by atoms with Crippen LogP contribution in [0.1, 0.15) is 12.8 Å². The zero-order valence-electron chi connectivity index (χ0n) is 11.9. The van der Waals surface area contributed by atoms with Gasteiger partial charge in [-0.05, 0) is 24.4 Å². The molecule has 0 spiro atoms. The summed E-state index contributed by atoms with van der Waals surface area (Å²) in [7, 11) is 0. The fourth-order valence-electron chi connectivity index (χ4n) is 3.51. The molecule has 21 heavy (non-hydrogen) atoms. The largest absolute Gasteiger partial charge is 0.381 e. The van der Waals surface area contributed by atoms with Gasteiger partial charge >= 0.3 is 0 Å². The van der Waals surface area contributed by atoms with Crippen LogP contribution >= 0.6 is 11.6 Å². The molecule has 3 aliphatic heterocycles. The summed E-state index contributed by atoms with van der Waals surface area (Å²) in [5.41, 5.74) is 1.10. The summed E-state index contributed by atoms with van der Waals surface area (Å²) < 4.78 is 11.1. The molecule has 0 N–H and O–H groups in total. The van der Waals surface area contributed by atoms with Crippen LogP contribution in [-0.4, -0.2) is 61.6 Å². The molecule has 0 bridgehead atoms. The number of fused-ring (bicyclic) bond motifs is 3. The number of ether oxygens (including phenoxy) is 2. The second-order valence-corrected chi connectivity index (χ2v) is 6.10. The number of hydrogen-bond donors (Lipinski definition) is 0. The Kier molecular flexibility index (Phi) is 3.61. The van der Waals surface area contributed by atoms with Crippen LogP contribution in [0.4, 0.5) is 11.5 Å². The van der Waals surface area contributed by atoms with Crippen molar-refractivity contribution in [2.75, 3.05) is 49.3 Å². The third kappa shape index (κ3) is 2.45. The van der Waals surface area contributed by atoms with Crippen molar-refractivity contribution < 1.29 is 9.47 Å². The van der Waals surface area contributed by atoms with E-state index in [0.29, 0.717) is 17.4 Å². The SMILES string of the molecule is Clc1ncc2c(n1)N1CCOC[C@H]1CN2C1CCOCC1. The van der Waals surface area contributed by atoms with Gasteiger partial charge in [-0.15, -0.1) is 0 Å². The van der Waals surface area contributed by atoms with Gasteiger partial charge in [0.2, 0.25) is 5.28 Å². The van der Waals surface area contributed by atoms with Gasteiger partial charge in [0.25, 0.3) is 0 Å². The Labute approximate surface area is 129 Å². The molecule has 2 saturated heterocycles. The summed E-state index contributed by atoms with van der Waals surface area (Å²) >= 11 is 6.02. The summed E-state index contributed by atoms with van der Waals surface area (Å²) in [6.07, 6.45) is 3.97. The van der Waals surface area contributed by atoms with E-state index in [0.717, 1.165) is 63.9 Å². The fraction of sp³-hybridized carbons (Fsp3) is 0.714. The summed E-state index contributed by atoms with van der Waals surface area (Å²) in [6.45, 7) is 4.98. The van der Waals surface area contributed by atoms with Crippen molar-refractivity contribution >= 4 is 23.1 Å². The van der Waals surface area contributed by atoms with E-state index in [4.69, 9.17) is 21.1 Å². The molecule has 114 valence electrons. The van der Waals surface area contributed by atoms with Crippen LogP contribution in [0.25, 0.3) is 0 Å². The molecule has 3 aliphatic rings. The first-order valence-corrected chi connectivity index (χ1v) is 7.92. The van der Waals surface area contributed by atoms with E-state index in [-0.39, 0.29) is 0 Å². The van der Waals surface area contributed by atoms with Gasteiger partial charge in [0, 0.05) is 32.3 Å². The van der Waals surface area contributed by atoms with Crippen molar-refractivity contribution in [3.05, 3.63) is 11.5 Å². The molecule has 1 aromatic heterocycles. The van der Waals surface area contributed by atoms with E-state index in [1.54, 1.807) is 0 Å². The molecule has 2 fully saturated rings. The van der Waals surface area contributed by atoms with Crippen molar-refractivity contribution in [1.82, 2.24) is 9.97 Å². The van der Waals surface area contributed by atoms with Crippen LogP contribution in [0, 0.1) is 0 Å². The van der Waals surface area contributed by atoms with Crippen LogP contribution in [0.2, 0.25) is 5.28 Å². The standard InChI is InChI=1S/C14H19ClN4O2/c15-14-16-7-12-13(17-14)18-3-6-21-9-11(18)8-19(12)10-1-4-20-5-2-10/h7,10-11H,1-6,8-9H2/t11-/m1/s1. The molecule has 0 radical (unpaired) electrons. The van der Waals surface area contributed by atoms with E-state index < -0.39 is 0 Å². The minimum atomic E-state index is 0.313. The maximum Gasteiger partial charge on any atom is 0.224 e. The zero-order valence-corrected chi connectivity index (χ0v) is 12.6. The monoisotopic (exact) mass is 310 g/mol. The zero-order chi connectivity index (χ0) is 14.2. The Morgan fingerprint density at radius 3 is 2.81 bits per heavy atom. The lowest BCUT2D eigenvalue weighted by atomic mass is 10.0. The van der Waals surface area contributed by atoms with Crippen LogP contribution in [0.5, 0.6) is 0 Å². The van der Waals surface area contributed by atoms with E-state index in [9.17, 15) is 0 Å². The van der Waals surface area contributed by atoms with Crippen molar-refractivity contribution in [2.45, 2.75) is 24.9 Å². The summed E-state index contributed by atoms with van der Waals surface area (Å²) in [4.78, 5) is 13.4. The van der Waals surface area contributed by atoms with Crippen LogP contribution < -0.4 is 9.80 Å². The predicted octanol–water partition coefficient (Wildman–Crippen LogP) is 1.33. The molecular weight excluding hydrogens is 292 g/mol. The summed E-state index contributed by atoms with van der Waals surface area (Å²) in [6, 6.07) is 0.839. The normalized spacial score (nSPS) is 26.4. The third-order valence-corrected chi connectivity index (χ3v) is 4.75. The Hall–Kier alpha value is -1.11. The number of aromatic nitrogens is 2. The summed E-state index contributed by atoms with van der Waals surface area (Å²) in [5, 5.41) is 0.313. The quantitative estimate of drug-likeness (QED) is 0.730. The first-order chi connectivity index (χ1) is 10.3. The molecule has 0 saturated carbocycles. The van der Waals surface area contributed by atoms with E-state index in [2.05, 4.69) is 19.8 Å². The number of hydrogen-bond acceptors (Lipinski definition) is 6. The molecule has 0 aliphatic carbocycles. The second-order valence-electron chi connectivity index (χ2n) is 5.77. The van der Waals surface area contributed by atoms with Gasteiger partial charge in [0.05, 0.1) is 31.1 Å². The van der Waals surface area contributed by atoms with Gasteiger partial charge < -0.3 is 19.3 Å². The number of rotatable bonds is 1. The van der Waals surface area contributed by atoms with Crippen LogP contribution in [0.3, 0.4) is 0 Å². The van der Waals surface area contributed by atoms with Gasteiger partial charge in [-0.3, -0.25) is 0 Å². The van der Waals surface area contributed by atoms with Gasteiger partial charge in [0.15, 0.2) is 5.82 Å². The molecule has 6 nitrogen and oxygen atoms in total. The van der Waals surface area contributed by atoms with Gasteiger partial charge in [-0.25, -0.2) is 4.98 Å². The van der Waals surface area contributed by atoms with Gasteiger partial charge in [0.1, 0.15) is 0 Å². The van der Waals surface area contributed by atoms with Crippen molar-refractivity contribution in [1.29, 1.82) is 0 Å². The van der Waals surface area contributed by atoms with Crippen molar-refractivity contribution in [3.63, 3.8) is 0 Å². The van der Waals surface area contributed by atoms with Gasteiger partial charge in [-0.2, -0.15) is 4.98 Å². The average Bonchev–Trinajstić information content (AvgIpc) is 2.55. The molecule has 1 aromatic rings. The molecular formula is C14H19ClN4O2. The Morgan fingerprint density at radius 1 is 1.10 bits per heavy atom. The number of halogens is 1. The first kappa shape index (κ1) is 13.5. The molecule has 4 rings (SSSR count). The maximum absolute atomic E-state index is 6.02. The highest BCUT2D eigenvalue weighted by molar-refractivity contribution is 6.28. The lowest BCUT2D eigenvalue weighted by molar-refractivity contribution is 0.0762. The molecule has 4 heterocycles. The highest BCUT2D eigenvalue weighted by atomic mass is 35.5. The van der Waals surface area contributed by atoms with Crippen molar-refractivity contribution in [3.8, 4) is 0 Å². The topological polar surface area (TPSA) is 50.7 Å². The molecule has 7 heteroatoms. The first-order valence-electron chi connectivity index (χ1n) is 7.54. The van der Waals surface area contributed by atoms with Crippen LogP contribution in [0.15, 0.2) is 6.20 Å². The minimum absolute atomic E-state index is 0.313. The Bertz CT molecular complexity index is 524. The fourth-order valence-corrected chi connectivity index (χ4v) is 3.64. The lowest BCUT2D eigenvalue weighted by Gasteiger charge is -2.48. The van der Waals surface area contributed by atoms with Crippen LogP contribution in [-0.2, 0) is 9.47 Å². The smallest absolute Gasteiger partial charge is 0.224 e. The molecule has 0 aromatic carbocycles. The third-order valence-electron chi connectivity index (χ3n) is 4.57. The van der Waals surface area contributed by atoms with Gasteiger partial charge in [-0.1, -0.05) is 0 Å². The predicted molar refractivity (Wildman–Crippen MR) is 80.2 cm³/mol. The number of anilines is 2.